The number of para-hydroxylation sites is 1. The van der Waals surface area contributed by atoms with E-state index in [4.69, 9.17) is 14.2 Å². The molecule has 3 heterocycles. The van der Waals surface area contributed by atoms with E-state index in [2.05, 4.69) is 10.2 Å². The molecule has 3 aromatic carbocycles. The van der Waals surface area contributed by atoms with Crippen LogP contribution >= 0.6 is 0 Å². The number of anilines is 1. The van der Waals surface area contributed by atoms with E-state index in [0.29, 0.717) is 44.8 Å². The minimum absolute atomic E-state index is 0.0281. The summed E-state index contributed by atoms with van der Waals surface area (Å²) in [6.07, 6.45) is 2.36. The second kappa shape index (κ2) is 15.0. The van der Waals surface area contributed by atoms with Crippen molar-refractivity contribution in [3.63, 3.8) is 0 Å². The van der Waals surface area contributed by atoms with Gasteiger partial charge >= 0.3 is 0 Å². The maximum absolute atomic E-state index is 14.0. The standard InChI is InChI=1S/C36H42N4O8S/c1-46-30-12-14-31(15-13-30)49(44,45)39(20-22-41)21-23-47-33-25-28(27-8-4-2-5-9-27)24-32(48-33)34(42)38-18-16-36(17-19-38)35(43)37-26-40(36)29-10-6-3-7-11-29/h2-15,24,28,33,41H,16-23,25-26H2,1H3,(H,37,43). The minimum Gasteiger partial charge on any atom is -0.497 e. The number of carbonyl (C=O) groups excluding carboxylic acids is 2. The number of sulfonamides is 1. The van der Waals surface area contributed by atoms with Crippen molar-refractivity contribution in [3.8, 4) is 5.75 Å². The molecule has 1 spiro atoms. The Balaban J connectivity index is 1.13. The van der Waals surface area contributed by atoms with Gasteiger partial charge in [-0.15, -0.1) is 0 Å². The monoisotopic (exact) mass is 690 g/mol. The highest BCUT2D eigenvalue weighted by molar-refractivity contribution is 7.89. The van der Waals surface area contributed by atoms with E-state index in [-0.39, 0.29) is 54.7 Å². The van der Waals surface area contributed by atoms with Gasteiger partial charge in [0.05, 0.1) is 31.9 Å². The number of carbonyl (C=O) groups is 2. The highest BCUT2D eigenvalue weighted by atomic mass is 32.2. The molecule has 0 radical (unpaired) electrons. The van der Waals surface area contributed by atoms with E-state index < -0.39 is 21.9 Å². The molecule has 2 atom stereocenters. The first-order valence-corrected chi connectivity index (χ1v) is 17.9. The van der Waals surface area contributed by atoms with Gasteiger partial charge in [0.15, 0.2) is 5.76 Å². The van der Waals surface area contributed by atoms with Crippen LogP contribution in [0.15, 0.2) is 102 Å². The number of ether oxygens (including phenoxy) is 3. The van der Waals surface area contributed by atoms with Crippen molar-refractivity contribution < 1.29 is 37.3 Å². The van der Waals surface area contributed by atoms with Gasteiger partial charge < -0.3 is 34.4 Å². The van der Waals surface area contributed by atoms with Crippen LogP contribution in [0.1, 0.15) is 30.7 Å². The molecule has 12 nitrogen and oxygen atoms in total. The topological polar surface area (TPSA) is 138 Å². The molecule has 13 heteroatoms. The summed E-state index contributed by atoms with van der Waals surface area (Å²) in [5, 5.41) is 12.6. The molecule has 2 fully saturated rings. The fourth-order valence-corrected chi connectivity index (χ4v) is 8.17. The Hall–Kier alpha value is -4.43. The van der Waals surface area contributed by atoms with Crippen LogP contribution in [0.4, 0.5) is 5.69 Å². The van der Waals surface area contributed by atoms with Crippen molar-refractivity contribution in [1.29, 1.82) is 0 Å². The van der Waals surface area contributed by atoms with E-state index in [1.165, 1.54) is 19.2 Å². The maximum Gasteiger partial charge on any atom is 0.288 e. The van der Waals surface area contributed by atoms with E-state index in [9.17, 15) is 23.1 Å². The van der Waals surface area contributed by atoms with Crippen molar-refractivity contribution in [1.82, 2.24) is 14.5 Å². The lowest BCUT2D eigenvalue weighted by atomic mass is 9.85. The van der Waals surface area contributed by atoms with Gasteiger partial charge in [0.1, 0.15) is 11.3 Å². The van der Waals surface area contributed by atoms with Gasteiger partial charge in [-0.3, -0.25) is 9.59 Å². The largest absolute Gasteiger partial charge is 0.497 e. The van der Waals surface area contributed by atoms with E-state index in [0.717, 1.165) is 15.6 Å². The Morgan fingerprint density at radius 1 is 1.00 bits per heavy atom. The lowest BCUT2D eigenvalue weighted by Crippen LogP contribution is -2.57. The predicted molar refractivity (Wildman–Crippen MR) is 182 cm³/mol. The van der Waals surface area contributed by atoms with Gasteiger partial charge in [0.2, 0.25) is 22.2 Å². The number of benzene rings is 3. The third kappa shape index (κ3) is 7.30. The molecule has 6 rings (SSSR count). The van der Waals surface area contributed by atoms with E-state index >= 15 is 0 Å². The Labute approximate surface area is 286 Å². The van der Waals surface area contributed by atoms with E-state index in [1.54, 1.807) is 17.0 Å². The number of amides is 2. The van der Waals surface area contributed by atoms with E-state index in [1.807, 2.05) is 66.7 Å². The van der Waals surface area contributed by atoms with Crippen LogP contribution < -0.4 is 15.0 Å². The Morgan fingerprint density at radius 3 is 2.33 bits per heavy atom. The number of aliphatic hydroxyl groups is 1. The van der Waals surface area contributed by atoms with Crippen molar-refractivity contribution in [3.05, 3.63) is 102 Å². The van der Waals surface area contributed by atoms with Gasteiger partial charge in [-0.2, -0.15) is 4.31 Å². The van der Waals surface area contributed by atoms with Crippen LogP contribution in [0.2, 0.25) is 0 Å². The number of piperidine rings is 1. The Kier molecular flexibility index (Phi) is 10.5. The third-order valence-corrected chi connectivity index (χ3v) is 11.4. The average Bonchev–Trinajstić information content (AvgIpc) is 3.46. The molecule has 3 aliphatic rings. The minimum atomic E-state index is -3.93. The first kappa shape index (κ1) is 34.4. The molecule has 0 aliphatic carbocycles. The number of hydrogen-bond acceptors (Lipinski definition) is 9. The third-order valence-electron chi connectivity index (χ3n) is 9.47. The number of nitrogens with zero attached hydrogens (tertiary/aromatic N) is 3. The number of likely N-dealkylation sites (tertiary alicyclic amines) is 1. The van der Waals surface area contributed by atoms with Gasteiger partial charge in [-0.1, -0.05) is 48.5 Å². The summed E-state index contributed by atoms with van der Waals surface area (Å²) in [5.74, 6) is 0.200. The molecule has 2 unspecified atom stereocenters. The summed E-state index contributed by atoms with van der Waals surface area (Å²) in [5.41, 5.74) is 1.22. The zero-order valence-corrected chi connectivity index (χ0v) is 28.3. The summed E-state index contributed by atoms with van der Waals surface area (Å²) >= 11 is 0. The zero-order valence-electron chi connectivity index (χ0n) is 27.4. The van der Waals surface area contributed by atoms with Crippen molar-refractivity contribution >= 4 is 27.5 Å². The lowest BCUT2D eigenvalue weighted by Gasteiger charge is -2.43. The van der Waals surface area contributed by atoms with Gasteiger partial charge in [-0.25, -0.2) is 8.42 Å². The summed E-state index contributed by atoms with van der Waals surface area (Å²) in [6, 6.07) is 25.6. The maximum atomic E-state index is 14.0. The molecular weight excluding hydrogens is 648 g/mol. The Bertz CT molecular complexity index is 1730. The summed E-state index contributed by atoms with van der Waals surface area (Å²) in [4.78, 5) is 31.0. The van der Waals surface area contributed by atoms with Crippen LogP contribution in [-0.2, 0) is 29.1 Å². The molecule has 2 amide bonds. The van der Waals surface area contributed by atoms with Gasteiger partial charge in [-0.05, 0) is 60.9 Å². The number of methoxy groups -OCH3 is 1. The van der Waals surface area contributed by atoms with Gasteiger partial charge in [0, 0.05) is 44.2 Å². The number of nitrogens with one attached hydrogen (secondary N) is 1. The second-order valence-electron chi connectivity index (χ2n) is 12.3. The van der Waals surface area contributed by atoms with Crippen LogP contribution in [0.5, 0.6) is 5.75 Å². The lowest BCUT2D eigenvalue weighted by molar-refractivity contribution is -0.154. The average molecular weight is 691 g/mol. The molecular formula is C36H42N4O8S. The van der Waals surface area contributed by atoms with Crippen molar-refractivity contribution in [2.24, 2.45) is 0 Å². The number of allylic oxidation sites excluding steroid dienone is 1. The van der Waals surface area contributed by atoms with Gasteiger partial charge in [0.25, 0.3) is 5.91 Å². The number of aliphatic hydroxyl groups excluding tert-OH is 1. The highest BCUT2D eigenvalue weighted by Gasteiger charge is 2.51. The molecule has 260 valence electrons. The molecule has 2 saturated heterocycles. The number of hydrogen-bond donors (Lipinski definition) is 2. The molecule has 0 saturated carbocycles. The van der Waals surface area contributed by atoms with Crippen molar-refractivity contribution in [2.75, 3.05) is 58.1 Å². The quantitative estimate of drug-likeness (QED) is 0.294. The first-order chi connectivity index (χ1) is 23.7. The second-order valence-corrected chi connectivity index (χ2v) is 14.2. The Morgan fingerprint density at radius 2 is 1.67 bits per heavy atom. The number of rotatable bonds is 12. The fraction of sp³-hybridized carbons (Fsp3) is 0.389. The molecule has 3 aliphatic heterocycles. The summed E-state index contributed by atoms with van der Waals surface area (Å²) in [6.45, 7) is 0.615. The zero-order chi connectivity index (χ0) is 34.4. The molecule has 2 N–H and O–H groups in total. The van der Waals surface area contributed by atoms with Crippen LogP contribution in [0, 0.1) is 0 Å². The predicted octanol–water partition coefficient (Wildman–Crippen LogP) is 3.06. The summed E-state index contributed by atoms with van der Waals surface area (Å²) in [7, 11) is -2.43. The first-order valence-electron chi connectivity index (χ1n) is 16.5. The van der Waals surface area contributed by atoms with Crippen molar-refractivity contribution in [2.45, 2.75) is 41.9 Å². The fourth-order valence-electron chi connectivity index (χ4n) is 6.76. The molecule has 3 aromatic rings. The molecule has 49 heavy (non-hydrogen) atoms. The normalized spacial score (nSPS) is 20.6. The SMILES string of the molecule is COc1ccc(S(=O)(=O)N(CCO)CCOC2CC(c3ccccc3)C=C(C(=O)N3CCC4(CC3)C(=O)NCN4c3ccccc3)O2)cc1. The highest BCUT2D eigenvalue weighted by Crippen LogP contribution is 2.38. The van der Waals surface area contributed by atoms with Crippen LogP contribution in [-0.4, -0.2) is 99.5 Å². The van der Waals surface area contributed by atoms with Crippen LogP contribution in [0.25, 0.3) is 0 Å². The summed E-state index contributed by atoms with van der Waals surface area (Å²) < 4.78 is 45.3. The molecule has 0 bridgehead atoms. The smallest absolute Gasteiger partial charge is 0.288 e. The van der Waals surface area contributed by atoms with Crippen LogP contribution in [0.3, 0.4) is 0 Å². The molecule has 0 aromatic heterocycles.